The van der Waals surface area contributed by atoms with Gasteiger partial charge in [0.15, 0.2) is 0 Å². The quantitative estimate of drug-likeness (QED) is 0.445. The Morgan fingerprint density at radius 3 is 2.57 bits per heavy atom. The summed E-state index contributed by atoms with van der Waals surface area (Å²) in [5.41, 5.74) is 6.99. The van der Waals surface area contributed by atoms with Gasteiger partial charge in [-0.25, -0.2) is 4.39 Å². The van der Waals surface area contributed by atoms with Crippen LogP contribution in [0.1, 0.15) is 11.3 Å². The monoisotopic (exact) mass is 312 g/mol. The SMILES string of the molecule is Nc1on[n+](Cc2ccc(F)cc2)c1C([O-])=Nc1ccccc1. The zero-order valence-corrected chi connectivity index (χ0v) is 12.0. The predicted molar refractivity (Wildman–Crippen MR) is 79.3 cm³/mol. The number of nitrogens with zero attached hydrogens (tertiary/aromatic N) is 3. The van der Waals surface area contributed by atoms with Gasteiger partial charge in [0.1, 0.15) is 5.82 Å². The molecule has 0 amide bonds. The smallest absolute Gasteiger partial charge is 0.308 e. The van der Waals surface area contributed by atoms with E-state index < -0.39 is 5.90 Å². The van der Waals surface area contributed by atoms with Gasteiger partial charge < -0.3 is 10.8 Å². The minimum Gasteiger partial charge on any atom is -0.854 e. The summed E-state index contributed by atoms with van der Waals surface area (Å²) in [6.07, 6.45) is 0. The highest BCUT2D eigenvalue weighted by molar-refractivity contribution is 5.92. The lowest BCUT2D eigenvalue weighted by molar-refractivity contribution is -0.757. The Balaban J connectivity index is 1.92. The molecule has 0 fully saturated rings. The maximum Gasteiger partial charge on any atom is 0.308 e. The Bertz CT molecular complexity index is 829. The van der Waals surface area contributed by atoms with E-state index in [1.165, 1.54) is 16.8 Å². The summed E-state index contributed by atoms with van der Waals surface area (Å²) in [6.45, 7) is 0.215. The first kappa shape index (κ1) is 14.7. The van der Waals surface area contributed by atoms with Gasteiger partial charge in [0, 0.05) is 5.56 Å². The molecule has 0 aliphatic heterocycles. The molecule has 6 nitrogen and oxygen atoms in total. The number of halogens is 1. The lowest BCUT2D eigenvalue weighted by atomic mass is 10.2. The second kappa shape index (κ2) is 6.27. The highest BCUT2D eigenvalue weighted by Crippen LogP contribution is 2.13. The predicted octanol–water partition coefficient (Wildman–Crippen LogP) is 1.17. The third-order valence-corrected chi connectivity index (χ3v) is 3.16. The van der Waals surface area contributed by atoms with E-state index in [9.17, 15) is 9.50 Å². The fourth-order valence-electron chi connectivity index (χ4n) is 2.06. The number of anilines is 1. The number of para-hydroxylation sites is 1. The van der Waals surface area contributed by atoms with Gasteiger partial charge >= 0.3 is 11.6 Å². The second-order valence-electron chi connectivity index (χ2n) is 4.82. The lowest BCUT2D eigenvalue weighted by Gasteiger charge is -2.05. The molecule has 116 valence electrons. The van der Waals surface area contributed by atoms with Gasteiger partial charge in [-0.05, 0) is 41.1 Å². The van der Waals surface area contributed by atoms with Crippen LogP contribution in [0.25, 0.3) is 0 Å². The Labute approximate surface area is 131 Å². The number of hydrogen-bond acceptors (Lipinski definition) is 5. The Hall–Kier alpha value is -3.22. The van der Waals surface area contributed by atoms with Crippen molar-refractivity contribution in [3.05, 3.63) is 71.7 Å². The molecule has 0 saturated heterocycles. The molecule has 2 N–H and O–H groups in total. The molecule has 0 aliphatic carbocycles. The zero-order valence-electron chi connectivity index (χ0n) is 12.0. The van der Waals surface area contributed by atoms with Crippen LogP contribution in [0.3, 0.4) is 0 Å². The van der Waals surface area contributed by atoms with Crippen molar-refractivity contribution in [1.29, 1.82) is 0 Å². The molecule has 0 unspecified atom stereocenters. The maximum atomic E-state index is 12.9. The molecule has 0 bridgehead atoms. The van der Waals surface area contributed by atoms with Gasteiger partial charge in [0.25, 0.3) is 0 Å². The molecular weight excluding hydrogens is 299 g/mol. The number of hydrogen-bond donors (Lipinski definition) is 1. The van der Waals surface area contributed by atoms with Gasteiger partial charge in [0.2, 0.25) is 11.8 Å². The first-order valence-corrected chi connectivity index (χ1v) is 6.84. The average Bonchev–Trinajstić information content (AvgIpc) is 2.91. The van der Waals surface area contributed by atoms with Crippen LogP contribution in [0.2, 0.25) is 0 Å². The molecule has 0 atom stereocenters. The largest absolute Gasteiger partial charge is 0.854 e. The fraction of sp³-hybridized carbons (Fsp3) is 0.0625. The maximum absolute atomic E-state index is 12.9. The number of rotatable bonds is 4. The second-order valence-corrected chi connectivity index (χ2v) is 4.82. The summed E-state index contributed by atoms with van der Waals surface area (Å²) in [5.74, 6) is -1.01. The molecule has 2 aromatic carbocycles. The molecule has 3 aromatic rings. The van der Waals surface area contributed by atoms with Crippen molar-refractivity contribution in [2.45, 2.75) is 6.54 Å². The third kappa shape index (κ3) is 3.34. The van der Waals surface area contributed by atoms with E-state index in [1.54, 1.807) is 36.4 Å². The van der Waals surface area contributed by atoms with Gasteiger partial charge in [0.05, 0.1) is 11.6 Å². The topological polar surface area (TPSA) is 91.3 Å². The molecule has 0 radical (unpaired) electrons. The first-order valence-electron chi connectivity index (χ1n) is 6.84. The van der Waals surface area contributed by atoms with Crippen LogP contribution in [0.5, 0.6) is 0 Å². The van der Waals surface area contributed by atoms with Crippen molar-refractivity contribution < 1.29 is 18.7 Å². The molecule has 1 aromatic heterocycles. The van der Waals surface area contributed by atoms with Crippen LogP contribution in [-0.2, 0) is 6.54 Å². The lowest BCUT2D eigenvalue weighted by Crippen LogP contribution is -2.44. The van der Waals surface area contributed by atoms with E-state index in [0.29, 0.717) is 5.69 Å². The summed E-state index contributed by atoms with van der Waals surface area (Å²) in [6, 6.07) is 14.6. The highest BCUT2D eigenvalue weighted by atomic mass is 19.1. The van der Waals surface area contributed by atoms with Gasteiger partial charge in [-0.15, -0.1) is 0 Å². The molecule has 0 spiro atoms. The van der Waals surface area contributed by atoms with Gasteiger partial charge in [-0.1, -0.05) is 18.2 Å². The molecule has 23 heavy (non-hydrogen) atoms. The van der Waals surface area contributed by atoms with Crippen LogP contribution < -0.4 is 15.5 Å². The van der Waals surface area contributed by atoms with Crippen molar-refractivity contribution in [2.75, 3.05) is 5.73 Å². The van der Waals surface area contributed by atoms with E-state index in [4.69, 9.17) is 10.3 Å². The average molecular weight is 312 g/mol. The van der Waals surface area contributed by atoms with Crippen LogP contribution >= 0.6 is 0 Å². The van der Waals surface area contributed by atoms with E-state index >= 15 is 0 Å². The Kier molecular flexibility index (Phi) is 4.01. The molecule has 3 rings (SSSR count). The number of nitrogen functional groups attached to an aromatic ring is 1. The summed E-state index contributed by atoms with van der Waals surface area (Å²) in [5, 5.41) is 16.1. The van der Waals surface area contributed by atoms with E-state index in [0.717, 1.165) is 5.56 Å². The number of benzene rings is 2. The minimum atomic E-state index is -0.558. The van der Waals surface area contributed by atoms with Crippen LogP contribution in [0.15, 0.2) is 64.1 Å². The highest BCUT2D eigenvalue weighted by Gasteiger charge is 2.23. The summed E-state index contributed by atoms with van der Waals surface area (Å²) < 4.78 is 19.1. The third-order valence-electron chi connectivity index (χ3n) is 3.16. The zero-order chi connectivity index (χ0) is 16.2. The van der Waals surface area contributed by atoms with Crippen molar-refractivity contribution in [3.8, 4) is 0 Å². The summed E-state index contributed by atoms with van der Waals surface area (Å²) >= 11 is 0. The van der Waals surface area contributed by atoms with Crippen molar-refractivity contribution in [2.24, 2.45) is 4.99 Å². The van der Waals surface area contributed by atoms with Gasteiger partial charge in [-0.3, -0.25) is 9.52 Å². The van der Waals surface area contributed by atoms with Gasteiger partial charge in [-0.2, -0.15) is 0 Å². The molecule has 7 heteroatoms. The molecule has 0 aliphatic rings. The van der Waals surface area contributed by atoms with Crippen LogP contribution in [0.4, 0.5) is 16.0 Å². The molecule has 0 saturated carbocycles. The number of aliphatic imine (C=N–C) groups is 1. The summed E-state index contributed by atoms with van der Waals surface area (Å²) in [4.78, 5) is 3.98. The van der Waals surface area contributed by atoms with Crippen LogP contribution in [0, 0.1) is 5.82 Å². The number of aromatic nitrogens is 2. The van der Waals surface area contributed by atoms with Crippen molar-refractivity contribution in [1.82, 2.24) is 5.27 Å². The van der Waals surface area contributed by atoms with E-state index in [2.05, 4.69) is 10.3 Å². The molecule has 1 heterocycles. The van der Waals surface area contributed by atoms with Crippen LogP contribution in [-0.4, -0.2) is 11.2 Å². The summed E-state index contributed by atoms with van der Waals surface area (Å²) in [7, 11) is 0. The van der Waals surface area contributed by atoms with Crippen molar-refractivity contribution in [3.63, 3.8) is 0 Å². The van der Waals surface area contributed by atoms with Crippen molar-refractivity contribution >= 4 is 17.5 Å². The normalized spacial score (nSPS) is 11.6. The first-order chi connectivity index (χ1) is 11.1. The Morgan fingerprint density at radius 1 is 1.17 bits per heavy atom. The number of nitrogens with two attached hydrogens (primary N) is 1. The Morgan fingerprint density at radius 2 is 1.87 bits per heavy atom. The standard InChI is InChI=1S/C16H13FN4O2/c17-12-8-6-11(7-9-12)10-21-14(15(18)23-20-21)16(22)19-13-4-2-1-3-5-13/h1-9H,10H2,(H2-,18,19,20,22). The minimum absolute atomic E-state index is 0.0539. The van der Waals surface area contributed by atoms with E-state index in [1.807, 2.05) is 6.07 Å². The van der Waals surface area contributed by atoms with E-state index in [-0.39, 0.29) is 23.9 Å². The molecular formula is C16H13FN4O2. The fourth-order valence-corrected chi connectivity index (χ4v) is 2.06.